The van der Waals surface area contributed by atoms with Gasteiger partial charge in [0.05, 0.1) is 0 Å². The average molecular weight is 516 g/mol. The van der Waals surface area contributed by atoms with E-state index in [2.05, 4.69) is 53.2 Å². The third-order valence-corrected chi connectivity index (χ3v) is 6.63. The number of carbonyl (C=O) groups excluding carboxylic acids is 1. The molecule has 0 saturated heterocycles. The molecule has 0 aromatic heterocycles. The SMILES string of the molecule is CCNC(=NCC1C2Cc3ccccc3C12)NCC1CC(=O)Nc2ccccc21.I. The highest BCUT2D eigenvalue weighted by molar-refractivity contribution is 14.0. The Kier molecular flexibility index (Phi) is 6.32. The van der Waals surface area contributed by atoms with Crippen LogP contribution in [0, 0.1) is 11.8 Å². The van der Waals surface area contributed by atoms with E-state index < -0.39 is 0 Å². The lowest BCUT2D eigenvalue weighted by Crippen LogP contribution is -2.41. The van der Waals surface area contributed by atoms with Crippen molar-refractivity contribution < 1.29 is 4.79 Å². The second-order valence-electron chi connectivity index (χ2n) is 8.39. The molecule has 1 aliphatic heterocycles. The van der Waals surface area contributed by atoms with Crippen LogP contribution in [0.2, 0.25) is 0 Å². The van der Waals surface area contributed by atoms with Gasteiger partial charge in [-0.3, -0.25) is 9.79 Å². The maximum atomic E-state index is 12.1. The Balaban J connectivity index is 0.00000218. The van der Waals surface area contributed by atoms with Gasteiger partial charge >= 0.3 is 0 Å². The predicted molar refractivity (Wildman–Crippen MR) is 132 cm³/mol. The number of nitrogens with one attached hydrogen (secondary N) is 3. The highest BCUT2D eigenvalue weighted by atomic mass is 127. The lowest BCUT2D eigenvalue weighted by molar-refractivity contribution is -0.116. The molecule has 4 atom stereocenters. The molecule has 4 unspecified atom stereocenters. The smallest absolute Gasteiger partial charge is 0.225 e. The van der Waals surface area contributed by atoms with Crippen molar-refractivity contribution >= 4 is 41.5 Å². The van der Waals surface area contributed by atoms with Crippen molar-refractivity contribution in [3.63, 3.8) is 0 Å². The Bertz CT molecular complexity index is 960. The van der Waals surface area contributed by atoms with Gasteiger partial charge < -0.3 is 16.0 Å². The molecule has 0 radical (unpaired) electrons. The van der Waals surface area contributed by atoms with E-state index in [0.717, 1.165) is 30.7 Å². The Morgan fingerprint density at radius 1 is 1.07 bits per heavy atom. The summed E-state index contributed by atoms with van der Waals surface area (Å²) in [6, 6.07) is 16.9. The number of guanidine groups is 1. The van der Waals surface area contributed by atoms with Crippen LogP contribution < -0.4 is 16.0 Å². The van der Waals surface area contributed by atoms with Gasteiger partial charge in [-0.15, -0.1) is 24.0 Å². The number of amides is 1. The number of para-hydroxylation sites is 1. The van der Waals surface area contributed by atoms with Gasteiger partial charge in [-0.25, -0.2) is 0 Å². The number of hydrogen-bond acceptors (Lipinski definition) is 2. The van der Waals surface area contributed by atoms with Crippen LogP contribution in [-0.2, 0) is 11.2 Å². The molecule has 0 spiro atoms. The normalized spacial score (nSPS) is 25.9. The molecule has 6 heteroatoms. The average Bonchev–Trinajstić information content (AvgIpc) is 3.27. The highest BCUT2D eigenvalue weighted by Crippen LogP contribution is 2.61. The summed E-state index contributed by atoms with van der Waals surface area (Å²) in [7, 11) is 0. The van der Waals surface area contributed by atoms with E-state index in [1.54, 1.807) is 5.56 Å². The number of aliphatic imine (C=N–C) groups is 1. The summed E-state index contributed by atoms with van der Waals surface area (Å²) in [6.07, 6.45) is 1.71. The maximum absolute atomic E-state index is 12.1. The van der Waals surface area contributed by atoms with Crippen LogP contribution in [0.15, 0.2) is 53.5 Å². The topological polar surface area (TPSA) is 65.5 Å². The molecule has 158 valence electrons. The molecule has 1 heterocycles. The molecule has 2 aromatic rings. The molecule has 1 fully saturated rings. The van der Waals surface area contributed by atoms with E-state index in [9.17, 15) is 4.79 Å². The molecule has 1 saturated carbocycles. The molecule has 1 amide bonds. The zero-order valence-corrected chi connectivity index (χ0v) is 19.6. The fraction of sp³-hybridized carbons (Fsp3) is 0.417. The zero-order chi connectivity index (χ0) is 19.8. The molecule has 5 nitrogen and oxygen atoms in total. The molecular weight excluding hydrogens is 487 g/mol. The predicted octanol–water partition coefficient (Wildman–Crippen LogP) is 3.87. The number of nitrogens with zero attached hydrogens (tertiary/aromatic N) is 1. The summed E-state index contributed by atoms with van der Waals surface area (Å²) in [5.41, 5.74) is 5.20. The summed E-state index contributed by atoms with van der Waals surface area (Å²) < 4.78 is 0. The van der Waals surface area contributed by atoms with Gasteiger partial charge in [0.15, 0.2) is 5.96 Å². The van der Waals surface area contributed by atoms with Gasteiger partial charge in [0.2, 0.25) is 5.91 Å². The van der Waals surface area contributed by atoms with Gasteiger partial charge in [0, 0.05) is 37.7 Å². The number of rotatable bonds is 5. The lowest BCUT2D eigenvalue weighted by Gasteiger charge is -2.26. The van der Waals surface area contributed by atoms with Crippen LogP contribution in [0.1, 0.15) is 41.9 Å². The fourth-order valence-corrected chi connectivity index (χ4v) is 5.18. The lowest BCUT2D eigenvalue weighted by atomic mass is 9.90. The first-order valence-electron chi connectivity index (χ1n) is 10.7. The maximum Gasteiger partial charge on any atom is 0.225 e. The molecule has 0 bridgehead atoms. The Hall–Kier alpha value is -2.09. The van der Waals surface area contributed by atoms with Crippen molar-refractivity contribution in [2.24, 2.45) is 16.8 Å². The van der Waals surface area contributed by atoms with Crippen LogP contribution in [0.25, 0.3) is 0 Å². The molecule has 3 aliphatic rings. The van der Waals surface area contributed by atoms with E-state index in [0.29, 0.717) is 24.8 Å². The number of hydrogen-bond donors (Lipinski definition) is 3. The first kappa shape index (κ1) is 21.2. The van der Waals surface area contributed by atoms with Crippen LogP contribution in [-0.4, -0.2) is 31.5 Å². The van der Waals surface area contributed by atoms with Gasteiger partial charge in [-0.1, -0.05) is 42.5 Å². The molecule has 3 N–H and O–H groups in total. The molecule has 30 heavy (non-hydrogen) atoms. The fourth-order valence-electron chi connectivity index (χ4n) is 5.18. The summed E-state index contributed by atoms with van der Waals surface area (Å²) in [5.74, 6) is 3.24. The quantitative estimate of drug-likeness (QED) is 0.321. The third-order valence-electron chi connectivity index (χ3n) is 6.63. The first-order chi connectivity index (χ1) is 14.2. The second-order valence-corrected chi connectivity index (χ2v) is 8.39. The molecule has 2 aromatic carbocycles. The van der Waals surface area contributed by atoms with E-state index in [1.165, 1.54) is 17.5 Å². The van der Waals surface area contributed by atoms with Gasteiger partial charge in [0.1, 0.15) is 0 Å². The third kappa shape index (κ3) is 4.06. The number of fused-ring (bicyclic) bond motifs is 4. The number of halogens is 1. The minimum Gasteiger partial charge on any atom is -0.357 e. The van der Waals surface area contributed by atoms with Crippen LogP contribution in [0.3, 0.4) is 0 Å². The summed E-state index contributed by atoms with van der Waals surface area (Å²) in [6.45, 7) is 4.48. The molecule has 2 aliphatic carbocycles. The van der Waals surface area contributed by atoms with E-state index in [-0.39, 0.29) is 35.8 Å². The standard InChI is InChI=1S/C24H28N4O.HI/c1-2-25-24(26-13-16-12-22(29)28-21-10-6-5-8-17(16)21)27-14-20-19-11-15-7-3-4-9-18(15)23(19)20;/h3-10,16,19-20,23H,2,11-14H2,1H3,(H,28,29)(H2,25,26,27);1H. The first-order valence-corrected chi connectivity index (χ1v) is 10.7. The Morgan fingerprint density at radius 2 is 1.83 bits per heavy atom. The van der Waals surface area contributed by atoms with Gasteiger partial charge in [-0.05, 0) is 53.9 Å². The van der Waals surface area contributed by atoms with Crippen molar-refractivity contribution in [1.82, 2.24) is 10.6 Å². The minimum atomic E-state index is 0. The number of benzene rings is 2. The Morgan fingerprint density at radius 3 is 2.67 bits per heavy atom. The number of anilines is 1. The van der Waals surface area contributed by atoms with Crippen molar-refractivity contribution in [1.29, 1.82) is 0 Å². The summed E-state index contributed by atoms with van der Waals surface area (Å²) >= 11 is 0. The van der Waals surface area contributed by atoms with E-state index in [1.807, 2.05) is 18.2 Å². The second kappa shape index (κ2) is 8.96. The van der Waals surface area contributed by atoms with Gasteiger partial charge in [0.25, 0.3) is 0 Å². The zero-order valence-electron chi connectivity index (χ0n) is 17.2. The van der Waals surface area contributed by atoms with Crippen molar-refractivity contribution in [2.45, 2.75) is 31.6 Å². The van der Waals surface area contributed by atoms with Gasteiger partial charge in [-0.2, -0.15) is 0 Å². The van der Waals surface area contributed by atoms with Crippen LogP contribution in [0.4, 0.5) is 5.69 Å². The van der Waals surface area contributed by atoms with E-state index >= 15 is 0 Å². The van der Waals surface area contributed by atoms with Crippen molar-refractivity contribution in [3.05, 3.63) is 65.2 Å². The monoisotopic (exact) mass is 516 g/mol. The van der Waals surface area contributed by atoms with Crippen LogP contribution >= 0.6 is 24.0 Å². The van der Waals surface area contributed by atoms with E-state index in [4.69, 9.17) is 4.99 Å². The van der Waals surface area contributed by atoms with Crippen molar-refractivity contribution in [3.8, 4) is 0 Å². The summed E-state index contributed by atoms with van der Waals surface area (Å²) in [4.78, 5) is 16.9. The minimum absolute atomic E-state index is 0. The largest absolute Gasteiger partial charge is 0.357 e. The Labute approximate surface area is 195 Å². The highest BCUT2D eigenvalue weighted by Gasteiger charge is 2.54. The summed E-state index contributed by atoms with van der Waals surface area (Å²) in [5, 5.41) is 9.81. The molecule has 5 rings (SSSR count). The molecular formula is C24H29IN4O. The van der Waals surface area contributed by atoms with Crippen molar-refractivity contribution in [2.75, 3.05) is 25.0 Å². The number of carbonyl (C=O) groups is 1. The van der Waals surface area contributed by atoms with Crippen LogP contribution in [0.5, 0.6) is 0 Å².